The molecule has 0 saturated heterocycles. The number of carbonyl (C=O) groups excluding carboxylic acids is 2. The quantitative estimate of drug-likeness (QED) is 0.678. The first kappa shape index (κ1) is 16.2. The second-order valence-corrected chi connectivity index (χ2v) is 5.04. The summed E-state index contributed by atoms with van der Waals surface area (Å²) >= 11 is 1.27. The molecular weight excluding hydrogens is 278 g/mol. The molecule has 8 heteroatoms. The summed E-state index contributed by atoms with van der Waals surface area (Å²) in [6.07, 6.45) is 0.240. The minimum Gasteiger partial charge on any atom is -0.382 e. The molecule has 0 radical (unpaired) electrons. The van der Waals surface area contributed by atoms with E-state index in [4.69, 9.17) is 5.73 Å². The van der Waals surface area contributed by atoms with E-state index < -0.39 is 0 Å². The van der Waals surface area contributed by atoms with E-state index >= 15 is 0 Å². The lowest BCUT2D eigenvalue weighted by atomic mass is 10.4. The number of aromatic nitrogens is 1. The van der Waals surface area contributed by atoms with E-state index in [-0.39, 0.29) is 30.6 Å². The number of nitrogens with zero attached hydrogens (tertiary/aromatic N) is 2. The Labute approximate surface area is 122 Å². The summed E-state index contributed by atoms with van der Waals surface area (Å²) in [5.74, 6) is -0.178. The number of thiazole rings is 1. The van der Waals surface area contributed by atoms with Crippen LogP contribution in [-0.2, 0) is 4.79 Å². The zero-order valence-corrected chi connectivity index (χ0v) is 12.8. The minimum absolute atomic E-state index is 0.119. The third-order valence-corrected chi connectivity index (χ3v) is 3.93. The molecule has 7 nitrogen and oxygen atoms in total. The molecule has 1 rings (SSSR count). The van der Waals surface area contributed by atoms with Gasteiger partial charge in [0.15, 0.2) is 5.13 Å². The van der Waals surface area contributed by atoms with Crippen molar-refractivity contribution in [3.05, 3.63) is 4.88 Å². The summed E-state index contributed by atoms with van der Waals surface area (Å²) in [4.78, 5) is 29.7. The first-order valence-electron chi connectivity index (χ1n) is 6.53. The van der Waals surface area contributed by atoms with Gasteiger partial charge in [0.25, 0.3) is 5.91 Å². The molecule has 20 heavy (non-hydrogen) atoms. The fourth-order valence-corrected chi connectivity index (χ4v) is 2.64. The Morgan fingerprint density at radius 1 is 1.35 bits per heavy atom. The Bertz CT molecular complexity index is 470. The van der Waals surface area contributed by atoms with Gasteiger partial charge in [-0.1, -0.05) is 11.3 Å². The minimum atomic E-state index is -0.290. The average molecular weight is 299 g/mol. The largest absolute Gasteiger partial charge is 0.382 e. The molecule has 0 spiro atoms. The van der Waals surface area contributed by atoms with Gasteiger partial charge in [0.05, 0.1) is 0 Å². The van der Waals surface area contributed by atoms with Crippen LogP contribution < -0.4 is 21.3 Å². The first-order valence-corrected chi connectivity index (χ1v) is 7.35. The van der Waals surface area contributed by atoms with Gasteiger partial charge >= 0.3 is 0 Å². The highest BCUT2D eigenvalue weighted by Crippen LogP contribution is 2.27. The van der Waals surface area contributed by atoms with E-state index in [1.807, 2.05) is 18.7 Å². The third-order valence-electron chi connectivity index (χ3n) is 2.80. The first-order chi connectivity index (χ1) is 9.53. The highest BCUT2D eigenvalue weighted by molar-refractivity contribution is 7.18. The van der Waals surface area contributed by atoms with Crippen LogP contribution in [0.1, 0.15) is 29.9 Å². The second kappa shape index (κ2) is 7.68. The number of hydrogen-bond acceptors (Lipinski definition) is 6. The molecular formula is C12H21N5O2S. The van der Waals surface area contributed by atoms with Crippen molar-refractivity contribution >= 4 is 34.1 Å². The predicted octanol–water partition coefficient (Wildman–Crippen LogP) is 0.437. The van der Waals surface area contributed by atoms with Crippen molar-refractivity contribution in [2.45, 2.75) is 20.3 Å². The van der Waals surface area contributed by atoms with Crippen molar-refractivity contribution in [3.63, 3.8) is 0 Å². The van der Waals surface area contributed by atoms with Crippen LogP contribution in [0.4, 0.5) is 10.9 Å². The van der Waals surface area contributed by atoms with Crippen LogP contribution in [0, 0.1) is 0 Å². The summed E-state index contributed by atoms with van der Waals surface area (Å²) < 4.78 is 0. The van der Waals surface area contributed by atoms with Gasteiger partial charge in [-0.2, -0.15) is 0 Å². The molecule has 2 amide bonds. The number of nitrogens with one attached hydrogen (secondary N) is 2. The van der Waals surface area contributed by atoms with Crippen molar-refractivity contribution < 1.29 is 9.59 Å². The maximum absolute atomic E-state index is 12.0. The molecule has 0 aliphatic rings. The average Bonchev–Trinajstić information content (AvgIpc) is 2.81. The Hall–Kier alpha value is -1.83. The zero-order valence-electron chi connectivity index (χ0n) is 12.0. The Balaban J connectivity index is 2.66. The van der Waals surface area contributed by atoms with Crippen LogP contribution in [0.3, 0.4) is 0 Å². The van der Waals surface area contributed by atoms with Gasteiger partial charge < -0.3 is 21.3 Å². The highest BCUT2D eigenvalue weighted by atomic mass is 32.1. The normalized spacial score (nSPS) is 10.2. The van der Waals surface area contributed by atoms with Gasteiger partial charge in [0.2, 0.25) is 5.91 Å². The molecule has 112 valence electrons. The van der Waals surface area contributed by atoms with Gasteiger partial charge in [0, 0.05) is 33.1 Å². The molecule has 0 unspecified atom stereocenters. The molecule has 0 aliphatic heterocycles. The molecule has 0 atom stereocenters. The van der Waals surface area contributed by atoms with Crippen LogP contribution in [-0.4, -0.2) is 43.5 Å². The number of anilines is 2. The maximum atomic E-state index is 12.0. The fourth-order valence-electron chi connectivity index (χ4n) is 1.61. The number of carbonyl (C=O) groups is 2. The summed E-state index contributed by atoms with van der Waals surface area (Å²) in [5, 5.41) is 5.90. The lowest BCUT2D eigenvalue weighted by molar-refractivity contribution is -0.120. The van der Waals surface area contributed by atoms with Crippen LogP contribution in [0.5, 0.6) is 0 Å². The number of amides is 2. The summed E-state index contributed by atoms with van der Waals surface area (Å²) in [7, 11) is 1.56. The highest BCUT2D eigenvalue weighted by Gasteiger charge is 2.18. The SMILES string of the molecule is CCN(CC)c1nc(N)c(C(=O)NCCC(=O)NC)s1. The van der Waals surface area contributed by atoms with Crippen molar-refractivity contribution in [1.82, 2.24) is 15.6 Å². The van der Waals surface area contributed by atoms with E-state index in [2.05, 4.69) is 15.6 Å². The van der Waals surface area contributed by atoms with Crippen LogP contribution in [0.15, 0.2) is 0 Å². The van der Waals surface area contributed by atoms with Gasteiger partial charge in [-0.15, -0.1) is 0 Å². The van der Waals surface area contributed by atoms with Crippen molar-refractivity contribution in [1.29, 1.82) is 0 Å². The third kappa shape index (κ3) is 4.09. The molecule has 1 aromatic heterocycles. The van der Waals surface area contributed by atoms with Crippen LogP contribution >= 0.6 is 11.3 Å². The van der Waals surface area contributed by atoms with Gasteiger partial charge in [-0.25, -0.2) is 4.98 Å². The standard InChI is InChI=1S/C12H21N5O2S/c1-4-17(5-2)12-16-10(13)9(20-12)11(19)15-7-6-8(18)14-3/h4-7,13H2,1-3H3,(H,14,18)(H,15,19). The van der Waals surface area contributed by atoms with Crippen molar-refractivity contribution in [2.75, 3.05) is 37.3 Å². The zero-order chi connectivity index (χ0) is 15.1. The van der Waals surface area contributed by atoms with Gasteiger partial charge in [0.1, 0.15) is 10.7 Å². The molecule has 0 aliphatic carbocycles. The number of nitrogens with two attached hydrogens (primary N) is 1. The maximum Gasteiger partial charge on any atom is 0.265 e. The Kier molecular flexibility index (Phi) is 6.23. The molecule has 0 aromatic carbocycles. The van der Waals surface area contributed by atoms with Crippen LogP contribution in [0.25, 0.3) is 0 Å². The summed E-state index contributed by atoms with van der Waals surface area (Å²) in [5.41, 5.74) is 5.78. The molecule has 0 saturated carbocycles. The molecule has 0 fully saturated rings. The summed E-state index contributed by atoms with van der Waals surface area (Å²) in [6, 6.07) is 0. The van der Waals surface area contributed by atoms with E-state index in [9.17, 15) is 9.59 Å². The van der Waals surface area contributed by atoms with Gasteiger partial charge in [-0.05, 0) is 13.8 Å². The van der Waals surface area contributed by atoms with Crippen LogP contribution in [0.2, 0.25) is 0 Å². The van der Waals surface area contributed by atoms with E-state index in [1.165, 1.54) is 11.3 Å². The molecule has 1 heterocycles. The van der Waals surface area contributed by atoms with Gasteiger partial charge in [-0.3, -0.25) is 9.59 Å². The number of nitrogen functional groups attached to an aromatic ring is 1. The van der Waals surface area contributed by atoms with E-state index in [1.54, 1.807) is 7.05 Å². The Morgan fingerprint density at radius 2 is 2.00 bits per heavy atom. The molecule has 4 N–H and O–H groups in total. The lowest BCUT2D eigenvalue weighted by Gasteiger charge is -2.16. The van der Waals surface area contributed by atoms with E-state index in [0.29, 0.717) is 4.88 Å². The van der Waals surface area contributed by atoms with E-state index in [0.717, 1.165) is 18.2 Å². The monoisotopic (exact) mass is 299 g/mol. The van der Waals surface area contributed by atoms with Crippen molar-refractivity contribution in [2.24, 2.45) is 0 Å². The summed E-state index contributed by atoms with van der Waals surface area (Å²) in [6.45, 7) is 5.92. The van der Waals surface area contributed by atoms with Crippen molar-refractivity contribution in [3.8, 4) is 0 Å². The number of rotatable bonds is 7. The molecule has 1 aromatic rings. The second-order valence-electron chi connectivity index (χ2n) is 4.06. The topological polar surface area (TPSA) is 100 Å². The smallest absolute Gasteiger partial charge is 0.265 e. The predicted molar refractivity (Wildman–Crippen MR) is 81.1 cm³/mol. The molecule has 0 bridgehead atoms. The number of hydrogen-bond donors (Lipinski definition) is 3. The fraction of sp³-hybridized carbons (Fsp3) is 0.583. The lowest BCUT2D eigenvalue weighted by Crippen LogP contribution is -2.29. The Morgan fingerprint density at radius 3 is 2.55 bits per heavy atom.